The molecular weight excluding hydrogens is 539 g/mol. The summed E-state index contributed by atoms with van der Waals surface area (Å²) < 4.78 is 58.4. The van der Waals surface area contributed by atoms with Crippen LogP contribution in [0.3, 0.4) is 0 Å². The standard InChI is InChI=1S/C30H34F3N3O3S/c1-19-26(15-25(16-34-19)35-29(37)22-6-5-7-24(13-22)30(31,32)33)20-8-9-21-12-23(18-40(2,3,4)38)28-17-39-11-10-36(28)27(21)14-20/h5-9,13-16,23,28H,10-12,17-18H2,1-4H3,(H,35,37). The van der Waals surface area contributed by atoms with Crippen LogP contribution in [-0.2, 0) is 26.4 Å². The first-order valence-corrected chi connectivity index (χ1v) is 16.5. The predicted octanol–water partition coefficient (Wildman–Crippen LogP) is 5.42. The highest BCUT2D eigenvalue weighted by Gasteiger charge is 2.39. The number of amides is 1. The average molecular weight is 574 g/mol. The summed E-state index contributed by atoms with van der Waals surface area (Å²) in [6, 6.07) is 12.5. The first-order valence-electron chi connectivity index (χ1n) is 13.1. The van der Waals surface area contributed by atoms with Crippen molar-refractivity contribution in [2.75, 3.05) is 54.5 Å². The van der Waals surface area contributed by atoms with Crippen LogP contribution in [0.5, 0.6) is 0 Å². The summed E-state index contributed by atoms with van der Waals surface area (Å²) in [5.74, 6) is 0.212. The van der Waals surface area contributed by atoms with E-state index in [0.29, 0.717) is 24.7 Å². The second-order valence-electron chi connectivity index (χ2n) is 11.9. The topological polar surface area (TPSA) is 71.5 Å². The lowest BCUT2D eigenvalue weighted by molar-refractivity contribution is -0.137. The van der Waals surface area contributed by atoms with Crippen molar-refractivity contribution in [3.8, 4) is 11.1 Å². The molecule has 1 N–H and O–H groups in total. The average Bonchev–Trinajstić information content (AvgIpc) is 2.88. The third-order valence-corrected chi connectivity index (χ3v) is 9.04. The van der Waals surface area contributed by atoms with Gasteiger partial charge in [0.25, 0.3) is 5.91 Å². The zero-order chi connectivity index (χ0) is 28.9. The number of benzene rings is 2. The van der Waals surface area contributed by atoms with Gasteiger partial charge in [0, 0.05) is 34.8 Å². The van der Waals surface area contributed by atoms with E-state index in [-0.39, 0.29) is 17.5 Å². The van der Waals surface area contributed by atoms with Gasteiger partial charge in [-0.2, -0.15) is 13.2 Å². The van der Waals surface area contributed by atoms with Gasteiger partial charge < -0.3 is 15.0 Å². The molecule has 2 atom stereocenters. The predicted molar refractivity (Wildman–Crippen MR) is 154 cm³/mol. The Morgan fingerprint density at radius 3 is 2.65 bits per heavy atom. The van der Waals surface area contributed by atoms with Gasteiger partial charge in [-0.1, -0.05) is 18.2 Å². The maximum Gasteiger partial charge on any atom is 0.416 e. The molecule has 10 heteroatoms. The number of aryl methyl sites for hydroxylation is 1. The second-order valence-corrected chi connectivity index (χ2v) is 17.7. The molecule has 2 aliphatic rings. The summed E-state index contributed by atoms with van der Waals surface area (Å²) in [6.07, 6.45) is 3.36. The van der Waals surface area contributed by atoms with Gasteiger partial charge in [0.1, 0.15) is 0 Å². The van der Waals surface area contributed by atoms with E-state index in [0.717, 1.165) is 47.6 Å². The molecule has 0 radical (unpaired) electrons. The number of hydrogen-bond donors (Lipinski definition) is 1. The molecule has 1 saturated heterocycles. The molecule has 0 spiro atoms. The minimum atomic E-state index is -4.54. The summed E-state index contributed by atoms with van der Waals surface area (Å²) in [5.41, 5.74) is 4.23. The Hall–Kier alpha value is -3.24. The SMILES string of the molecule is Cc1ncc(NC(=O)c2cccc(C(F)(F)F)c2)cc1-c1ccc2c(c1)N1CCOCC1C(CS(C)(C)(C)=O)C2. The van der Waals surface area contributed by atoms with Gasteiger partial charge in [-0.3, -0.25) is 14.0 Å². The monoisotopic (exact) mass is 573 g/mol. The van der Waals surface area contributed by atoms with Gasteiger partial charge in [-0.15, -0.1) is 9.07 Å². The number of carbonyl (C=O) groups is 1. The molecule has 2 aromatic carbocycles. The van der Waals surface area contributed by atoms with Crippen LogP contribution in [0.1, 0.15) is 27.2 Å². The maximum atomic E-state index is 13.2. The molecule has 0 bridgehead atoms. The zero-order valence-electron chi connectivity index (χ0n) is 23.0. The molecule has 1 fully saturated rings. The van der Waals surface area contributed by atoms with Crippen molar-refractivity contribution in [1.82, 2.24) is 4.98 Å². The van der Waals surface area contributed by atoms with Crippen molar-refractivity contribution in [1.29, 1.82) is 0 Å². The molecule has 3 heterocycles. The number of ether oxygens (including phenoxy) is 1. The number of fused-ring (bicyclic) bond motifs is 3. The molecule has 5 rings (SSSR count). The number of nitrogens with one attached hydrogen (secondary N) is 1. The normalized spacial score (nSPS) is 20.2. The van der Waals surface area contributed by atoms with E-state index in [9.17, 15) is 22.2 Å². The van der Waals surface area contributed by atoms with Crippen LogP contribution in [0.4, 0.5) is 24.5 Å². The zero-order valence-corrected chi connectivity index (χ0v) is 23.9. The lowest BCUT2D eigenvalue weighted by Crippen LogP contribution is -2.56. The van der Waals surface area contributed by atoms with E-state index >= 15 is 0 Å². The molecule has 0 saturated carbocycles. The van der Waals surface area contributed by atoms with Crippen LogP contribution in [-0.4, -0.2) is 65.4 Å². The second kappa shape index (κ2) is 9.99. The van der Waals surface area contributed by atoms with Gasteiger partial charge in [-0.25, -0.2) is 0 Å². The van der Waals surface area contributed by atoms with Crippen molar-refractivity contribution in [2.45, 2.75) is 25.6 Å². The Kier molecular flexibility index (Phi) is 7.07. The maximum absolute atomic E-state index is 13.2. The van der Waals surface area contributed by atoms with Crippen molar-refractivity contribution >= 4 is 26.3 Å². The number of anilines is 2. The quantitative estimate of drug-likeness (QED) is 0.442. The van der Waals surface area contributed by atoms with E-state index in [1.54, 1.807) is 6.07 Å². The van der Waals surface area contributed by atoms with E-state index in [4.69, 9.17) is 4.74 Å². The van der Waals surface area contributed by atoms with Crippen LogP contribution in [0.25, 0.3) is 11.1 Å². The lowest BCUT2D eigenvalue weighted by Gasteiger charge is -2.48. The first kappa shape index (κ1) is 28.3. The van der Waals surface area contributed by atoms with Gasteiger partial charge >= 0.3 is 6.18 Å². The number of morpholine rings is 1. The summed E-state index contributed by atoms with van der Waals surface area (Å²) in [6.45, 7) is 3.83. The lowest BCUT2D eigenvalue weighted by atomic mass is 9.85. The highest BCUT2D eigenvalue weighted by Crippen LogP contribution is 2.40. The molecule has 1 amide bonds. The highest BCUT2D eigenvalue weighted by molar-refractivity contribution is 8.18. The number of aromatic nitrogens is 1. The Bertz CT molecular complexity index is 1520. The number of halogens is 3. The molecule has 1 aromatic heterocycles. The molecule has 40 heavy (non-hydrogen) atoms. The van der Waals surface area contributed by atoms with Crippen LogP contribution in [0.2, 0.25) is 0 Å². The van der Waals surface area contributed by atoms with E-state index in [1.165, 1.54) is 23.9 Å². The van der Waals surface area contributed by atoms with Gasteiger partial charge in [0.15, 0.2) is 0 Å². The Labute approximate surface area is 232 Å². The number of hydrogen-bond acceptors (Lipinski definition) is 5. The molecule has 214 valence electrons. The summed E-state index contributed by atoms with van der Waals surface area (Å²) in [4.78, 5) is 19.6. The van der Waals surface area contributed by atoms with Crippen molar-refractivity contribution in [3.63, 3.8) is 0 Å². The fourth-order valence-corrected chi connectivity index (χ4v) is 7.53. The molecule has 2 unspecified atom stereocenters. The minimum Gasteiger partial charge on any atom is -0.377 e. The Morgan fingerprint density at radius 1 is 1.15 bits per heavy atom. The van der Waals surface area contributed by atoms with Crippen molar-refractivity contribution in [3.05, 3.63) is 77.1 Å². The third kappa shape index (κ3) is 6.23. The minimum absolute atomic E-state index is 0.0869. The molecular formula is C30H34F3N3O3S. The van der Waals surface area contributed by atoms with Crippen molar-refractivity contribution in [2.24, 2.45) is 5.92 Å². The van der Waals surface area contributed by atoms with Crippen LogP contribution in [0.15, 0.2) is 54.7 Å². The van der Waals surface area contributed by atoms with E-state index in [1.807, 2.05) is 31.8 Å². The Morgan fingerprint density at radius 2 is 1.93 bits per heavy atom. The van der Waals surface area contributed by atoms with Crippen LogP contribution in [0, 0.1) is 12.8 Å². The highest BCUT2D eigenvalue weighted by atomic mass is 32.3. The molecule has 3 aromatic rings. The fraction of sp³-hybridized carbons (Fsp3) is 0.400. The smallest absolute Gasteiger partial charge is 0.377 e. The Balaban J connectivity index is 1.43. The van der Waals surface area contributed by atoms with Gasteiger partial charge in [-0.05, 0) is 79.5 Å². The summed E-state index contributed by atoms with van der Waals surface area (Å²) in [5, 5.41) is 2.69. The molecule has 0 aliphatic carbocycles. The van der Waals surface area contributed by atoms with E-state index < -0.39 is 26.7 Å². The molecule has 6 nitrogen and oxygen atoms in total. The largest absolute Gasteiger partial charge is 0.416 e. The van der Waals surface area contributed by atoms with Gasteiger partial charge in [0.2, 0.25) is 0 Å². The number of carbonyl (C=O) groups excluding carboxylic acids is 1. The number of rotatable bonds is 5. The number of alkyl halides is 3. The summed E-state index contributed by atoms with van der Waals surface area (Å²) in [7, 11) is -2.71. The fourth-order valence-electron chi connectivity index (χ4n) is 5.74. The molecule has 2 aliphatic heterocycles. The summed E-state index contributed by atoms with van der Waals surface area (Å²) >= 11 is 0. The van der Waals surface area contributed by atoms with Crippen LogP contribution >= 0.6 is 0 Å². The number of nitrogens with zero attached hydrogens (tertiary/aromatic N) is 2. The first-order chi connectivity index (χ1) is 18.6. The van der Waals surface area contributed by atoms with Crippen molar-refractivity contribution < 1.29 is 26.9 Å². The van der Waals surface area contributed by atoms with E-state index in [2.05, 4.69) is 27.3 Å². The third-order valence-electron chi connectivity index (χ3n) is 7.48. The van der Waals surface area contributed by atoms with Crippen LogP contribution < -0.4 is 10.2 Å². The van der Waals surface area contributed by atoms with Gasteiger partial charge in [0.05, 0.1) is 36.7 Å². The number of pyridine rings is 1.